The highest BCUT2D eigenvalue weighted by Crippen LogP contribution is 2.35. The van der Waals surface area contributed by atoms with E-state index in [4.69, 9.17) is 5.73 Å². The Morgan fingerprint density at radius 2 is 1.28 bits per heavy atom. The van der Waals surface area contributed by atoms with Crippen molar-refractivity contribution in [2.75, 3.05) is 22.9 Å². The third-order valence-corrected chi connectivity index (χ3v) is 6.18. The summed E-state index contributed by atoms with van der Waals surface area (Å²) in [4.78, 5) is 4.64. The van der Waals surface area contributed by atoms with E-state index < -0.39 is 0 Å². The molecule has 0 heterocycles. The second-order valence-corrected chi connectivity index (χ2v) is 8.52. The van der Waals surface area contributed by atoms with E-state index in [1.165, 1.54) is 5.69 Å². The topological polar surface area (TPSA) is 32.5 Å². The molecule has 3 rings (SSSR count). The van der Waals surface area contributed by atoms with Crippen LogP contribution < -0.4 is 15.5 Å². The molecular weight excluding hydrogens is 438 g/mol. The third kappa shape index (κ3) is 7.10. The lowest BCUT2D eigenvalue weighted by molar-refractivity contribution is 0.866. The fourth-order valence-electron chi connectivity index (χ4n) is 4.15. The van der Waals surface area contributed by atoms with Gasteiger partial charge in [0.05, 0.1) is 0 Å². The Labute approximate surface area is 217 Å². The van der Waals surface area contributed by atoms with Gasteiger partial charge in [-0.2, -0.15) is 0 Å². The Kier molecular flexibility index (Phi) is 10.3. The molecule has 0 unspecified atom stereocenters. The summed E-state index contributed by atoms with van der Waals surface area (Å²) in [6, 6.07) is 25.9. The monoisotopic (exact) mass is 477 g/mol. The van der Waals surface area contributed by atoms with Gasteiger partial charge in [-0.15, -0.1) is 0 Å². The Balaban J connectivity index is 1.89. The van der Waals surface area contributed by atoms with Crippen molar-refractivity contribution in [2.45, 2.75) is 33.7 Å². The number of rotatable bonds is 12. The van der Waals surface area contributed by atoms with Crippen LogP contribution in [0, 0.1) is 0 Å². The summed E-state index contributed by atoms with van der Waals surface area (Å²) in [6.07, 6.45) is 13.4. The lowest BCUT2D eigenvalue weighted by atomic mass is 10.1. The predicted octanol–water partition coefficient (Wildman–Crippen LogP) is 8.55. The van der Waals surface area contributed by atoms with Crippen LogP contribution in [0.3, 0.4) is 0 Å². The maximum atomic E-state index is 5.84. The van der Waals surface area contributed by atoms with Gasteiger partial charge in [-0.3, -0.25) is 0 Å². The molecule has 0 bridgehead atoms. The molecule has 0 aliphatic rings. The molecule has 0 amide bonds. The molecule has 3 nitrogen and oxygen atoms in total. The van der Waals surface area contributed by atoms with Gasteiger partial charge in [0.15, 0.2) is 0 Å². The zero-order valence-corrected chi connectivity index (χ0v) is 21.9. The van der Waals surface area contributed by atoms with Crippen molar-refractivity contribution < 1.29 is 0 Å². The number of hydrogen-bond acceptors (Lipinski definition) is 3. The van der Waals surface area contributed by atoms with Gasteiger partial charge < -0.3 is 15.5 Å². The summed E-state index contributed by atoms with van der Waals surface area (Å²) >= 11 is 0. The minimum absolute atomic E-state index is 0.539. The van der Waals surface area contributed by atoms with E-state index in [9.17, 15) is 0 Å². The van der Waals surface area contributed by atoms with Gasteiger partial charge >= 0.3 is 0 Å². The van der Waals surface area contributed by atoms with Gasteiger partial charge in [0.1, 0.15) is 0 Å². The number of anilines is 4. The van der Waals surface area contributed by atoms with Crippen LogP contribution in [0.4, 0.5) is 22.7 Å². The number of nitrogens with two attached hydrogens (primary N) is 1. The van der Waals surface area contributed by atoms with E-state index in [-0.39, 0.29) is 0 Å². The van der Waals surface area contributed by atoms with Crippen molar-refractivity contribution in [2.24, 2.45) is 5.73 Å². The van der Waals surface area contributed by atoms with Gasteiger partial charge in [-0.05, 0) is 85.5 Å². The molecule has 0 saturated heterocycles. The average molecular weight is 478 g/mol. The maximum absolute atomic E-state index is 5.84. The van der Waals surface area contributed by atoms with Crippen LogP contribution in [-0.4, -0.2) is 13.1 Å². The summed E-state index contributed by atoms with van der Waals surface area (Å²) in [5, 5.41) is 0. The zero-order chi connectivity index (χ0) is 25.8. The van der Waals surface area contributed by atoms with E-state index in [1.807, 2.05) is 6.08 Å². The van der Waals surface area contributed by atoms with E-state index in [2.05, 4.69) is 140 Å². The molecule has 0 aliphatic carbocycles. The molecule has 0 atom stereocenters. The van der Waals surface area contributed by atoms with Gasteiger partial charge in [-0.25, -0.2) is 0 Å². The summed E-state index contributed by atoms with van der Waals surface area (Å²) in [7, 11) is 0. The first-order valence-electron chi connectivity index (χ1n) is 12.8. The standard InChI is InChI=1S/C33H39N3/c1-5-11-27(6-2)12-9-10-13-28-14-18-31(19-15-28)36(32-20-16-29(26-34)17-21-32)33-24-22-30(23-25-33)35(7-3)8-4/h6,9-25H,2,5,7-8,26,34H2,1,3-4H3/b12-9+,13-10+,27-11+. The molecule has 3 heteroatoms. The van der Waals surface area contributed by atoms with Crippen molar-refractivity contribution in [1.29, 1.82) is 0 Å². The van der Waals surface area contributed by atoms with Crippen LogP contribution >= 0.6 is 0 Å². The molecule has 0 spiro atoms. The van der Waals surface area contributed by atoms with E-state index in [0.717, 1.165) is 53.3 Å². The Hall–Kier alpha value is -3.82. The van der Waals surface area contributed by atoms with Crippen LogP contribution in [0.2, 0.25) is 0 Å². The molecule has 0 radical (unpaired) electrons. The smallest absolute Gasteiger partial charge is 0.0463 e. The van der Waals surface area contributed by atoms with Crippen LogP contribution in [0.5, 0.6) is 0 Å². The van der Waals surface area contributed by atoms with Crippen molar-refractivity contribution >= 4 is 28.8 Å². The summed E-state index contributed by atoms with van der Waals surface area (Å²) in [5.74, 6) is 0. The minimum Gasteiger partial charge on any atom is -0.372 e. The molecule has 0 fully saturated rings. The lowest BCUT2D eigenvalue weighted by Crippen LogP contribution is -2.21. The quantitative estimate of drug-likeness (QED) is 0.265. The molecule has 36 heavy (non-hydrogen) atoms. The summed E-state index contributed by atoms with van der Waals surface area (Å²) < 4.78 is 0. The fraction of sp³-hybridized carbons (Fsp3) is 0.212. The van der Waals surface area contributed by atoms with Crippen molar-refractivity contribution in [3.05, 3.63) is 126 Å². The summed E-state index contributed by atoms with van der Waals surface area (Å²) in [5.41, 5.74) is 13.8. The average Bonchev–Trinajstić information content (AvgIpc) is 2.93. The molecule has 186 valence electrons. The molecule has 3 aromatic carbocycles. The second kappa shape index (κ2) is 13.9. The van der Waals surface area contributed by atoms with Crippen molar-refractivity contribution in [3.63, 3.8) is 0 Å². The molecule has 0 saturated carbocycles. The van der Waals surface area contributed by atoms with Crippen LogP contribution in [0.15, 0.2) is 115 Å². The highest BCUT2D eigenvalue weighted by molar-refractivity contribution is 5.78. The number of hydrogen-bond donors (Lipinski definition) is 1. The van der Waals surface area contributed by atoms with Crippen molar-refractivity contribution in [3.8, 4) is 0 Å². The van der Waals surface area contributed by atoms with Crippen LogP contribution in [0.1, 0.15) is 38.3 Å². The van der Waals surface area contributed by atoms with Gasteiger partial charge in [-0.1, -0.05) is 74.2 Å². The summed E-state index contributed by atoms with van der Waals surface area (Å²) in [6.45, 7) is 12.9. The first-order valence-corrected chi connectivity index (χ1v) is 12.8. The van der Waals surface area contributed by atoms with Crippen LogP contribution in [0.25, 0.3) is 6.08 Å². The Morgan fingerprint density at radius 1 is 0.750 bits per heavy atom. The highest BCUT2D eigenvalue weighted by atomic mass is 15.1. The Morgan fingerprint density at radius 3 is 1.78 bits per heavy atom. The van der Waals surface area contributed by atoms with E-state index >= 15 is 0 Å². The number of benzene rings is 3. The van der Waals surface area contributed by atoms with Crippen molar-refractivity contribution in [1.82, 2.24) is 0 Å². The second-order valence-electron chi connectivity index (χ2n) is 8.52. The zero-order valence-electron chi connectivity index (χ0n) is 21.9. The number of nitrogens with zero attached hydrogens (tertiary/aromatic N) is 2. The largest absolute Gasteiger partial charge is 0.372 e. The minimum atomic E-state index is 0.539. The van der Waals surface area contributed by atoms with Gasteiger partial charge in [0.2, 0.25) is 0 Å². The highest BCUT2D eigenvalue weighted by Gasteiger charge is 2.13. The number of allylic oxidation sites excluding steroid dienone is 6. The van der Waals surface area contributed by atoms with Crippen LogP contribution in [-0.2, 0) is 6.54 Å². The normalized spacial score (nSPS) is 11.8. The van der Waals surface area contributed by atoms with E-state index in [0.29, 0.717) is 6.54 Å². The molecular formula is C33H39N3. The SMILES string of the molecule is C=CC(/C=C/C=C/c1ccc(N(c2ccc(CN)cc2)c2ccc(N(CC)CC)cc2)cc1)=C\CC. The van der Waals surface area contributed by atoms with Gasteiger partial charge in [0.25, 0.3) is 0 Å². The molecule has 0 aliphatic heterocycles. The first-order chi connectivity index (χ1) is 17.6. The molecule has 2 N–H and O–H groups in total. The Bertz CT molecular complexity index is 1160. The van der Waals surface area contributed by atoms with E-state index in [1.54, 1.807) is 0 Å². The fourth-order valence-corrected chi connectivity index (χ4v) is 4.15. The molecule has 0 aromatic heterocycles. The lowest BCUT2D eigenvalue weighted by Gasteiger charge is -2.27. The maximum Gasteiger partial charge on any atom is 0.0463 e. The van der Waals surface area contributed by atoms with Gasteiger partial charge in [0, 0.05) is 42.4 Å². The first kappa shape index (κ1) is 26.8. The third-order valence-electron chi connectivity index (χ3n) is 6.18. The molecule has 3 aromatic rings. The predicted molar refractivity (Wildman–Crippen MR) is 159 cm³/mol.